The van der Waals surface area contributed by atoms with Crippen molar-refractivity contribution in [1.82, 2.24) is 4.90 Å². The lowest BCUT2D eigenvalue weighted by Crippen LogP contribution is -2.39. The first-order valence-corrected chi connectivity index (χ1v) is 5.43. The third kappa shape index (κ3) is 2.89. The number of rotatable bonds is 1. The van der Waals surface area contributed by atoms with Crippen LogP contribution in [-0.4, -0.2) is 29.2 Å². The second kappa shape index (κ2) is 4.20. The van der Waals surface area contributed by atoms with Crippen LogP contribution in [0.15, 0.2) is 0 Å². The Balaban J connectivity index is 2.52. The lowest BCUT2D eigenvalue weighted by Gasteiger charge is -2.28. The van der Waals surface area contributed by atoms with Gasteiger partial charge in [-0.15, -0.1) is 0 Å². The highest BCUT2D eigenvalue weighted by molar-refractivity contribution is 5.68. The van der Waals surface area contributed by atoms with Gasteiger partial charge >= 0.3 is 6.09 Å². The fraction of sp³-hybridized carbons (Fsp3) is 0.909. The molecule has 1 amide bonds. The molecule has 1 rings (SSSR count). The summed E-state index contributed by atoms with van der Waals surface area (Å²) in [6.07, 6.45) is 3.11. The van der Waals surface area contributed by atoms with Crippen molar-refractivity contribution in [3.8, 4) is 0 Å². The van der Waals surface area contributed by atoms with Gasteiger partial charge in [-0.3, -0.25) is 0 Å². The molecule has 0 saturated carbocycles. The van der Waals surface area contributed by atoms with Crippen molar-refractivity contribution in [3.05, 3.63) is 0 Å². The van der Waals surface area contributed by atoms with Crippen LogP contribution >= 0.6 is 0 Å². The van der Waals surface area contributed by atoms with E-state index in [1.807, 2.05) is 25.7 Å². The van der Waals surface area contributed by atoms with E-state index in [0.717, 1.165) is 25.8 Å². The van der Waals surface area contributed by atoms with Gasteiger partial charge in [0.15, 0.2) is 0 Å². The summed E-state index contributed by atoms with van der Waals surface area (Å²) >= 11 is 0. The summed E-state index contributed by atoms with van der Waals surface area (Å²) in [5, 5.41) is 0. The number of hydrogen-bond acceptors (Lipinski definition) is 2. The summed E-state index contributed by atoms with van der Waals surface area (Å²) in [5.41, 5.74) is -0.377. The lowest BCUT2D eigenvalue weighted by atomic mass is 10.2. The molecule has 0 bridgehead atoms. The SMILES string of the molecule is CCC1CCCN1C(=O)OC(C)(C)C. The van der Waals surface area contributed by atoms with Crippen LogP contribution in [0, 0.1) is 0 Å². The van der Waals surface area contributed by atoms with Gasteiger partial charge in [-0.2, -0.15) is 0 Å². The number of hydrogen-bond donors (Lipinski definition) is 0. The van der Waals surface area contributed by atoms with Crippen LogP contribution in [0.2, 0.25) is 0 Å². The highest BCUT2D eigenvalue weighted by Gasteiger charge is 2.30. The molecule has 0 aromatic carbocycles. The van der Waals surface area contributed by atoms with Gasteiger partial charge in [0, 0.05) is 12.6 Å². The Morgan fingerprint density at radius 2 is 2.14 bits per heavy atom. The van der Waals surface area contributed by atoms with Crippen LogP contribution < -0.4 is 0 Å². The summed E-state index contributed by atoms with van der Waals surface area (Å²) in [6, 6.07) is 0.393. The summed E-state index contributed by atoms with van der Waals surface area (Å²) in [4.78, 5) is 13.6. The van der Waals surface area contributed by atoms with Crippen molar-refractivity contribution < 1.29 is 9.53 Å². The van der Waals surface area contributed by atoms with Crippen LogP contribution in [0.25, 0.3) is 0 Å². The van der Waals surface area contributed by atoms with E-state index in [4.69, 9.17) is 4.74 Å². The van der Waals surface area contributed by atoms with Gasteiger partial charge in [0.25, 0.3) is 0 Å². The fourth-order valence-electron chi connectivity index (χ4n) is 1.82. The Hall–Kier alpha value is -0.730. The molecule has 0 radical (unpaired) electrons. The van der Waals surface area contributed by atoms with E-state index in [1.165, 1.54) is 0 Å². The molecule has 1 aliphatic heterocycles. The molecular formula is C11H21NO2. The first-order chi connectivity index (χ1) is 6.44. The summed E-state index contributed by atoms with van der Waals surface area (Å²) in [7, 11) is 0. The van der Waals surface area contributed by atoms with E-state index >= 15 is 0 Å². The number of nitrogens with zero attached hydrogens (tertiary/aromatic N) is 1. The number of ether oxygens (including phenoxy) is 1. The van der Waals surface area contributed by atoms with Gasteiger partial charge in [-0.05, 0) is 40.0 Å². The average Bonchev–Trinajstić information content (AvgIpc) is 2.47. The standard InChI is InChI=1S/C11H21NO2/c1-5-9-7-6-8-12(9)10(13)14-11(2,3)4/h9H,5-8H2,1-4H3. The van der Waals surface area contributed by atoms with E-state index in [0.29, 0.717) is 6.04 Å². The summed E-state index contributed by atoms with van der Waals surface area (Å²) in [5.74, 6) is 0. The first kappa shape index (κ1) is 11.3. The van der Waals surface area contributed by atoms with Crippen molar-refractivity contribution in [1.29, 1.82) is 0 Å². The molecule has 14 heavy (non-hydrogen) atoms. The molecule has 1 unspecified atom stereocenters. The summed E-state index contributed by atoms with van der Waals surface area (Å²) in [6.45, 7) is 8.69. The third-order valence-corrected chi connectivity index (χ3v) is 2.48. The normalized spacial score (nSPS) is 22.6. The van der Waals surface area contributed by atoms with E-state index in [1.54, 1.807) is 0 Å². The van der Waals surface area contributed by atoms with E-state index in [-0.39, 0.29) is 11.7 Å². The Bertz CT molecular complexity index is 208. The predicted octanol–water partition coefficient (Wildman–Crippen LogP) is 2.80. The van der Waals surface area contributed by atoms with E-state index in [9.17, 15) is 4.79 Å². The highest BCUT2D eigenvalue weighted by atomic mass is 16.6. The zero-order valence-electron chi connectivity index (χ0n) is 9.67. The van der Waals surface area contributed by atoms with Gasteiger partial charge < -0.3 is 9.64 Å². The third-order valence-electron chi connectivity index (χ3n) is 2.48. The maximum absolute atomic E-state index is 11.7. The number of carbonyl (C=O) groups is 1. The van der Waals surface area contributed by atoms with E-state index < -0.39 is 0 Å². The first-order valence-electron chi connectivity index (χ1n) is 5.43. The average molecular weight is 199 g/mol. The van der Waals surface area contributed by atoms with Crippen LogP contribution in [0.3, 0.4) is 0 Å². The van der Waals surface area contributed by atoms with Gasteiger partial charge in [0.1, 0.15) is 5.60 Å². The molecule has 1 saturated heterocycles. The van der Waals surface area contributed by atoms with Crippen LogP contribution in [0.5, 0.6) is 0 Å². The van der Waals surface area contributed by atoms with Crippen molar-refractivity contribution in [2.45, 2.75) is 58.6 Å². The van der Waals surface area contributed by atoms with Crippen molar-refractivity contribution in [3.63, 3.8) is 0 Å². The maximum atomic E-state index is 11.7. The maximum Gasteiger partial charge on any atom is 0.410 e. The van der Waals surface area contributed by atoms with Crippen molar-refractivity contribution >= 4 is 6.09 Å². The van der Waals surface area contributed by atoms with Gasteiger partial charge in [0.05, 0.1) is 0 Å². The Labute approximate surface area is 86.4 Å². The minimum Gasteiger partial charge on any atom is -0.444 e. The Kier molecular flexibility index (Phi) is 3.40. The van der Waals surface area contributed by atoms with Crippen molar-refractivity contribution in [2.75, 3.05) is 6.54 Å². The molecule has 0 aromatic heterocycles. The van der Waals surface area contributed by atoms with Crippen molar-refractivity contribution in [2.24, 2.45) is 0 Å². The molecule has 1 aliphatic rings. The molecule has 0 aromatic rings. The molecule has 3 nitrogen and oxygen atoms in total. The smallest absolute Gasteiger partial charge is 0.410 e. The topological polar surface area (TPSA) is 29.5 Å². The largest absolute Gasteiger partial charge is 0.444 e. The minimum absolute atomic E-state index is 0.151. The molecule has 0 N–H and O–H groups in total. The van der Waals surface area contributed by atoms with Gasteiger partial charge in [-0.1, -0.05) is 6.92 Å². The Morgan fingerprint density at radius 3 is 2.64 bits per heavy atom. The molecule has 1 atom stereocenters. The zero-order chi connectivity index (χ0) is 10.8. The van der Waals surface area contributed by atoms with Crippen LogP contribution in [-0.2, 0) is 4.74 Å². The van der Waals surface area contributed by atoms with E-state index in [2.05, 4.69) is 6.92 Å². The highest BCUT2D eigenvalue weighted by Crippen LogP contribution is 2.22. The summed E-state index contributed by atoms with van der Waals surface area (Å²) < 4.78 is 5.34. The molecule has 82 valence electrons. The van der Waals surface area contributed by atoms with Crippen LogP contribution in [0.4, 0.5) is 4.79 Å². The Morgan fingerprint density at radius 1 is 1.50 bits per heavy atom. The zero-order valence-corrected chi connectivity index (χ0v) is 9.67. The molecule has 3 heteroatoms. The second-order valence-electron chi connectivity index (χ2n) is 4.88. The molecule has 0 spiro atoms. The lowest BCUT2D eigenvalue weighted by molar-refractivity contribution is 0.0224. The quantitative estimate of drug-likeness (QED) is 0.650. The molecule has 0 aliphatic carbocycles. The monoisotopic (exact) mass is 199 g/mol. The van der Waals surface area contributed by atoms with Gasteiger partial charge in [0.2, 0.25) is 0 Å². The molecule has 1 fully saturated rings. The fourth-order valence-corrected chi connectivity index (χ4v) is 1.82. The number of amides is 1. The molecule has 1 heterocycles. The minimum atomic E-state index is -0.377. The second-order valence-corrected chi connectivity index (χ2v) is 4.88. The molecular weight excluding hydrogens is 178 g/mol. The van der Waals surface area contributed by atoms with Crippen LogP contribution in [0.1, 0.15) is 47.0 Å². The number of likely N-dealkylation sites (tertiary alicyclic amines) is 1. The van der Waals surface area contributed by atoms with Gasteiger partial charge in [-0.25, -0.2) is 4.79 Å². The predicted molar refractivity (Wildman–Crippen MR) is 56.3 cm³/mol. The number of carbonyl (C=O) groups excluding carboxylic acids is 1.